The summed E-state index contributed by atoms with van der Waals surface area (Å²) >= 11 is 0. The highest BCUT2D eigenvalue weighted by Crippen LogP contribution is 2.26. The Morgan fingerprint density at radius 3 is 2.61 bits per heavy atom. The maximum atomic E-state index is 13.5. The Bertz CT molecular complexity index is 537. The first-order valence-electron chi connectivity index (χ1n) is 5.89. The zero-order chi connectivity index (χ0) is 13.3. The van der Waals surface area contributed by atoms with Crippen LogP contribution in [0, 0.1) is 12.7 Å². The third kappa shape index (κ3) is 2.88. The molecule has 18 heavy (non-hydrogen) atoms. The SMILES string of the molecule is Cc1ccc(C2CCC(S(N)(=O)=O)CN2)cc1F. The van der Waals surface area contributed by atoms with Gasteiger partial charge in [-0.3, -0.25) is 0 Å². The van der Waals surface area contributed by atoms with E-state index in [1.54, 1.807) is 13.0 Å². The van der Waals surface area contributed by atoms with E-state index in [1.165, 1.54) is 6.07 Å². The van der Waals surface area contributed by atoms with Crippen molar-refractivity contribution in [3.63, 3.8) is 0 Å². The van der Waals surface area contributed by atoms with E-state index in [-0.39, 0.29) is 11.9 Å². The quantitative estimate of drug-likeness (QED) is 0.850. The largest absolute Gasteiger partial charge is 0.309 e. The number of hydrogen-bond acceptors (Lipinski definition) is 3. The van der Waals surface area contributed by atoms with E-state index in [4.69, 9.17) is 5.14 Å². The van der Waals surface area contributed by atoms with Gasteiger partial charge in [0, 0.05) is 12.6 Å². The molecule has 1 aliphatic heterocycles. The van der Waals surface area contributed by atoms with Gasteiger partial charge < -0.3 is 5.32 Å². The van der Waals surface area contributed by atoms with Crippen LogP contribution in [0.1, 0.15) is 30.0 Å². The summed E-state index contributed by atoms with van der Waals surface area (Å²) in [6, 6.07) is 5.11. The standard InChI is InChI=1S/C12H17FN2O2S/c1-8-2-3-9(6-11(8)13)12-5-4-10(7-15-12)18(14,16)17/h2-3,6,10,12,15H,4-5,7H2,1H3,(H2,14,16,17). The van der Waals surface area contributed by atoms with Gasteiger partial charge in [-0.05, 0) is 37.0 Å². The first-order chi connectivity index (χ1) is 8.38. The van der Waals surface area contributed by atoms with E-state index in [0.29, 0.717) is 24.9 Å². The van der Waals surface area contributed by atoms with E-state index in [2.05, 4.69) is 5.32 Å². The zero-order valence-electron chi connectivity index (χ0n) is 10.2. The summed E-state index contributed by atoms with van der Waals surface area (Å²) in [6.45, 7) is 2.03. The molecule has 0 amide bonds. The molecule has 100 valence electrons. The summed E-state index contributed by atoms with van der Waals surface area (Å²) in [5, 5.41) is 7.69. The highest BCUT2D eigenvalue weighted by atomic mass is 32.2. The summed E-state index contributed by atoms with van der Waals surface area (Å²) in [4.78, 5) is 0. The Balaban J connectivity index is 2.08. The molecule has 0 spiro atoms. The zero-order valence-corrected chi connectivity index (χ0v) is 11.0. The summed E-state index contributed by atoms with van der Waals surface area (Å²) in [7, 11) is -3.48. The van der Waals surface area contributed by atoms with Crippen LogP contribution in [0.3, 0.4) is 0 Å². The van der Waals surface area contributed by atoms with Crippen molar-refractivity contribution in [3.05, 3.63) is 35.1 Å². The molecule has 0 aromatic heterocycles. The molecule has 0 radical (unpaired) electrons. The second kappa shape index (κ2) is 4.95. The Morgan fingerprint density at radius 1 is 1.39 bits per heavy atom. The molecular formula is C12H17FN2O2S. The lowest BCUT2D eigenvalue weighted by Crippen LogP contribution is -2.43. The normalized spacial score (nSPS) is 25.1. The van der Waals surface area contributed by atoms with E-state index in [9.17, 15) is 12.8 Å². The molecule has 0 saturated carbocycles. The highest BCUT2D eigenvalue weighted by molar-refractivity contribution is 7.89. The van der Waals surface area contributed by atoms with Crippen LogP contribution in [0.2, 0.25) is 0 Å². The third-order valence-corrected chi connectivity index (χ3v) is 4.76. The molecule has 3 N–H and O–H groups in total. The maximum absolute atomic E-state index is 13.5. The number of sulfonamides is 1. The van der Waals surface area contributed by atoms with Gasteiger partial charge in [0.2, 0.25) is 10.0 Å². The number of nitrogens with one attached hydrogen (secondary N) is 1. The Hall–Kier alpha value is -0.980. The molecule has 1 saturated heterocycles. The number of aryl methyl sites for hydroxylation is 1. The van der Waals surface area contributed by atoms with Gasteiger partial charge in [-0.1, -0.05) is 12.1 Å². The smallest absolute Gasteiger partial charge is 0.213 e. The lowest BCUT2D eigenvalue weighted by atomic mass is 9.96. The monoisotopic (exact) mass is 272 g/mol. The van der Waals surface area contributed by atoms with E-state index >= 15 is 0 Å². The van der Waals surface area contributed by atoms with Gasteiger partial charge in [0.05, 0.1) is 5.25 Å². The minimum Gasteiger partial charge on any atom is -0.309 e. The maximum Gasteiger partial charge on any atom is 0.213 e. The van der Waals surface area contributed by atoms with Crippen molar-refractivity contribution in [1.29, 1.82) is 0 Å². The molecule has 2 rings (SSSR count). The average molecular weight is 272 g/mol. The van der Waals surface area contributed by atoms with Gasteiger partial charge in [0.15, 0.2) is 0 Å². The average Bonchev–Trinajstić information content (AvgIpc) is 2.32. The van der Waals surface area contributed by atoms with Crippen molar-refractivity contribution in [2.24, 2.45) is 5.14 Å². The van der Waals surface area contributed by atoms with Crippen molar-refractivity contribution in [3.8, 4) is 0 Å². The first-order valence-corrected chi connectivity index (χ1v) is 7.50. The summed E-state index contributed by atoms with van der Waals surface area (Å²) in [5.41, 5.74) is 1.46. The van der Waals surface area contributed by atoms with Gasteiger partial charge in [-0.25, -0.2) is 17.9 Å². The van der Waals surface area contributed by atoms with Crippen molar-refractivity contribution >= 4 is 10.0 Å². The molecule has 1 aromatic rings. The second-order valence-electron chi connectivity index (χ2n) is 4.76. The summed E-state index contributed by atoms with van der Waals surface area (Å²) in [6.07, 6.45) is 1.15. The van der Waals surface area contributed by atoms with Gasteiger partial charge in [0.25, 0.3) is 0 Å². The first kappa shape index (κ1) is 13.5. The lowest BCUT2D eigenvalue weighted by Gasteiger charge is -2.29. The summed E-state index contributed by atoms with van der Waals surface area (Å²) < 4.78 is 35.9. The lowest BCUT2D eigenvalue weighted by molar-refractivity contribution is 0.406. The number of primary sulfonamides is 1. The summed E-state index contributed by atoms with van der Waals surface area (Å²) in [5.74, 6) is -0.233. The molecule has 2 unspecified atom stereocenters. The number of piperidine rings is 1. The number of rotatable bonds is 2. The van der Waals surface area contributed by atoms with Gasteiger partial charge in [0.1, 0.15) is 5.82 Å². The van der Waals surface area contributed by atoms with Crippen LogP contribution in [0.25, 0.3) is 0 Å². The van der Waals surface area contributed by atoms with Crippen LogP contribution in [0.15, 0.2) is 18.2 Å². The van der Waals surface area contributed by atoms with E-state index in [1.807, 2.05) is 6.07 Å². The minimum atomic E-state index is -3.48. The van der Waals surface area contributed by atoms with Crippen LogP contribution in [-0.2, 0) is 10.0 Å². The molecule has 0 bridgehead atoms. The molecule has 1 aliphatic rings. The molecule has 4 nitrogen and oxygen atoms in total. The molecule has 1 fully saturated rings. The number of nitrogens with two attached hydrogens (primary N) is 1. The molecule has 1 heterocycles. The Kier molecular flexibility index (Phi) is 3.70. The van der Waals surface area contributed by atoms with Crippen molar-refractivity contribution in [2.75, 3.05) is 6.54 Å². The van der Waals surface area contributed by atoms with Gasteiger partial charge in [-0.2, -0.15) is 0 Å². The van der Waals surface area contributed by atoms with Crippen molar-refractivity contribution in [1.82, 2.24) is 5.32 Å². The highest BCUT2D eigenvalue weighted by Gasteiger charge is 2.28. The van der Waals surface area contributed by atoms with Crippen LogP contribution in [0.4, 0.5) is 4.39 Å². The van der Waals surface area contributed by atoms with E-state index < -0.39 is 15.3 Å². The minimum absolute atomic E-state index is 0.00176. The number of benzene rings is 1. The van der Waals surface area contributed by atoms with Crippen LogP contribution >= 0.6 is 0 Å². The fourth-order valence-corrected chi connectivity index (χ4v) is 3.01. The van der Waals surface area contributed by atoms with Crippen LogP contribution in [0.5, 0.6) is 0 Å². The van der Waals surface area contributed by atoms with E-state index in [0.717, 1.165) is 5.56 Å². The van der Waals surface area contributed by atoms with Crippen molar-refractivity contribution < 1.29 is 12.8 Å². The third-order valence-electron chi connectivity index (χ3n) is 3.43. The Morgan fingerprint density at radius 2 is 2.11 bits per heavy atom. The fraction of sp³-hybridized carbons (Fsp3) is 0.500. The van der Waals surface area contributed by atoms with Crippen LogP contribution < -0.4 is 10.5 Å². The molecule has 0 aliphatic carbocycles. The molecule has 6 heteroatoms. The van der Waals surface area contributed by atoms with Gasteiger partial charge in [-0.15, -0.1) is 0 Å². The molecular weight excluding hydrogens is 255 g/mol. The number of halogens is 1. The fourth-order valence-electron chi connectivity index (χ4n) is 2.22. The van der Waals surface area contributed by atoms with Gasteiger partial charge >= 0.3 is 0 Å². The predicted molar refractivity (Wildman–Crippen MR) is 68.0 cm³/mol. The Labute approximate surface area is 106 Å². The number of hydrogen-bond donors (Lipinski definition) is 2. The van der Waals surface area contributed by atoms with Crippen LogP contribution in [-0.4, -0.2) is 20.2 Å². The predicted octanol–water partition coefficient (Wildman–Crippen LogP) is 1.22. The van der Waals surface area contributed by atoms with Crippen molar-refractivity contribution in [2.45, 2.75) is 31.1 Å². The molecule has 2 atom stereocenters. The topological polar surface area (TPSA) is 72.2 Å². The molecule has 1 aromatic carbocycles. The second-order valence-corrected chi connectivity index (χ2v) is 6.60.